The van der Waals surface area contributed by atoms with Gasteiger partial charge in [0.25, 0.3) is 0 Å². The second-order valence-electron chi connectivity index (χ2n) is 10.3. The molecule has 4 nitrogen and oxygen atoms in total. The Morgan fingerprint density at radius 3 is 1.37 bits per heavy atom. The number of rotatable bonds is 8. The third kappa shape index (κ3) is 60.0. The first-order valence-electron chi connectivity index (χ1n) is 12.9. The van der Waals surface area contributed by atoms with Crippen molar-refractivity contribution in [3.05, 3.63) is 48.6 Å². The Hall–Kier alpha value is -0.930. The van der Waals surface area contributed by atoms with Gasteiger partial charge in [0.05, 0.1) is 6.61 Å². The molecule has 1 rings (SSSR count). The van der Waals surface area contributed by atoms with Crippen molar-refractivity contribution in [2.24, 2.45) is 23.2 Å². The summed E-state index contributed by atoms with van der Waals surface area (Å²) < 4.78 is 14.8. The highest BCUT2D eigenvalue weighted by molar-refractivity contribution is 7.46. The van der Waals surface area contributed by atoms with E-state index >= 15 is 0 Å². The lowest BCUT2D eigenvalue weighted by atomic mass is 9.81. The monoisotopic (exact) mass is 518 g/mol. The van der Waals surface area contributed by atoms with E-state index in [9.17, 15) is 4.57 Å². The summed E-state index contributed by atoms with van der Waals surface area (Å²) in [6, 6.07) is 12.0. The molecule has 1 aromatic rings. The van der Waals surface area contributed by atoms with Gasteiger partial charge in [-0.3, -0.25) is 4.52 Å². The van der Waals surface area contributed by atoms with E-state index in [2.05, 4.69) is 92.8 Å². The van der Waals surface area contributed by atoms with E-state index in [0.717, 1.165) is 18.3 Å². The summed E-state index contributed by atoms with van der Waals surface area (Å²) >= 11 is 0. The SMILES string of the molecule is C.C/C=C/C(C)C.CC(C)CC(C)(C)CCOP(=O)(O)O.CCC.CCC(C)C.c1ccccc1. The fourth-order valence-electron chi connectivity index (χ4n) is 2.42. The van der Waals surface area contributed by atoms with Crippen LogP contribution in [0.1, 0.15) is 116 Å². The van der Waals surface area contributed by atoms with Crippen molar-refractivity contribution < 1.29 is 18.9 Å². The summed E-state index contributed by atoms with van der Waals surface area (Å²) in [6.45, 7) is 25.8. The van der Waals surface area contributed by atoms with Gasteiger partial charge >= 0.3 is 7.82 Å². The van der Waals surface area contributed by atoms with Gasteiger partial charge in [0.15, 0.2) is 0 Å². The van der Waals surface area contributed by atoms with Crippen molar-refractivity contribution >= 4 is 7.82 Å². The predicted molar refractivity (Wildman–Crippen MR) is 160 cm³/mol. The normalized spacial score (nSPS) is 10.7. The van der Waals surface area contributed by atoms with Crippen molar-refractivity contribution in [1.29, 1.82) is 0 Å². The number of phosphoric ester groups is 1. The Balaban J connectivity index is -0.000000119. The summed E-state index contributed by atoms with van der Waals surface area (Å²) in [5, 5.41) is 0. The lowest BCUT2D eigenvalue weighted by Gasteiger charge is -2.26. The van der Waals surface area contributed by atoms with Crippen LogP contribution in [0.3, 0.4) is 0 Å². The second-order valence-corrected chi connectivity index (χ2v) is 11.5. The maximum Gasteiger partial charge on any atom is 0.469 e. The zero-order chi connectivity index (χ0) is 27.6. The number of allylic oxidation sites excluding steroid dienone is 2. The van der Waals surface area contributed by atoms with Crippen LogP contribution in [0.2, 0.25) is 0 Å². The average molecular weight is 519 g/mol. The van der Waals surface area contributed by atoms with Crippen molar-refractivity contribution in [3.8, 4) is 0 Å². The molecule has 0 heterocycles. The quantitative estimate of drug-likeness (QED) is 0.265. The van der Waals surface area contributed by atoms with E-state index in [1.807, 2.05) is 43.3 Å². The fourth-order valence-corrected chi connectivity index (χ4v) is 2.75. The smallest absolute Gasteiger partial charge is 0.303 e. The molecule has 0 fully saturated rings. The molecule has 35 heavy (non-hydrogen) atoms. The van der Waals surface area contributed by atoms with Gasteiger partial charge in [0.2, 0.25) is 0 Å². The second kappa shape index (κ2) is 29.3. The summed E-state index contributed by atoms with van der Waals surface area (Å²) in [7, 11) is -4.29. The van der Waals surface area contributed by atoms with Crippen molar-refractivity contribution in [1.82, 2.24) is 0 Å². The van der Waals surface area contributed by atoms with Crippen LogP contribution < -0.4 is 0 Å². The molecule has 0 aliphatic heterocycles. The minimum atomic E-state index is -4.29. The Morgan fingerprint density at radius 1 is 0.857 bits per heavy atom. The molecule has 1 aromatic carbocycles. The van der Waals surface area contributed by atoms with Gasteiger partial charge in [-0.1, -0.05) is 145 Å². The Kier molecular flexibility index (Phi) is 36.9. The van der Waals surface area contributed by atoms with Crippen LogP contribution in [-0.2, 0) is 9.09 Å². The minimum absolute atomic E-state index is 0. The van der Waals surface area contributed by atoms with Crippen LogP contribution in [0.15, 0.2) is 48.6 Å². The average Bonchev–Trinajstić information content (AvgIpc) is 2.69. The van der Waals surface area contributed by atoms with Gasteiger partial charge in [-0.15, -0.1) is 0 Å². The molecule has 0 aliphatic rings. The van der Waals surface area contributed by atoms with E-state index in [1.54, 1.807) is 0 Å². The maximum absolute atomic E-state index is 10.4. The van der Waals surface area contributed by atoms with Gasteiger partial charge in [-0.25, -0.2) is 4.57 Å². The molecule has 0 radical (unpaired) electrons. The van der Waals surface area contributed by atoms with Crippen molar-refractivity contribution in [3.63, 3.8) is 0 Å². The topological polar surface area (TPSA) is 66.8 Å². The zero-order valence-electron chi connectivity index (χ0n) is 24.5. The first-order chi connectivity index (χ1) is 15.6. The summed E-state index contributed by atoms with van der Waals surface area (Å²) in [5.74, 6) is 2.19. The maximum atomic E-state index is 10.4. The Bertz CT molecular complexity index is 534. The highest BCUT2D eigenvalue weighted by Gasteiger charge is 2.21. The predicted octanol–water partition coefficient (Wildman–Crippen LogP) is 10.6. The number of hydrogen-bond acceptors (Lipinski definition) is 2. The van der Waals surface area contributed by atoms with Crippen LogP contribution in [0, 0.1) is 23.2 Å². The number of hydrogen-bond donors (Lipinski definition) is 2. The molecule has 0 aliphatic carbocycles. The lowest BCUT2D eigenvalue weighted by Crippen LogP contribution is -2.16. The van der Waals surface area contributed by atoms with Gasteiger partial charge in [-0.2, -0.15) is 0 Å². The molecule has 5 heteroatoms. The third-order valence-corrected chi connectivity index (χ3v) is 4.58. The van der Waals surface area contributed by atoms with Crippen LogP contribution >= 0.6 is 7.82 Å². The summed E-state index contributed by atoms with van der Waals surface area (Å²) in [6.07, 6.45) is 8.48. The molecular weight excluding hydrogens is 455 g/mol. The highest BCUT2D eigenvalue weighted by atomic mass is 31.2. The van der Waals surface area contributed by atoms with Crippen molar-refractivity contribution in [2.45, 2.75) is 116 Å². The van der Waals surface area contributed by atoms with E-state index in [-0.39, 0.29) is 19.4 Å². The fraction of sp³-hybridized carbons (Fsp3) is 0.733. The van der Waals surface area contributed by atoms with Gasteiger partial charge in [-0.05, 0) is 42.9 Å². The van der Waals surface area contributed by atoms with Gasteiger partial charge < -0.3 is 9.79 Å². The molecular formula is C30H63O4P. The molecule has 0 atom stereocenters. The Labute approximate surface area is 221 Å². The molecule has 0 aromatic heterocycles. The van der Waals surface area contributed by atoms with Crippen molar-refractivity contribution in [2.75, 3.05) is 6.61 Å². The molecule has 0 saturated carbocycles. The molecule has 2 N–H and O–H groups in total. The molecule has 0 amide bonds. The van der Waals surface area contributed by atoms with Crippen LogP contribution in [0.5, 0.6) is 0 Å². The minimum Gasteiger partial charge on any atom is -0.303 e. The molecule has 0 spiro atoms. The standard InChI is InChI=1S/C9H21O4P.C6H6.C6H12.C5H12.C3H8.CH4/c1-8(2)7-9(3,4)5-6-13-14(10,11)12;1-2-4-6-5-3-1;1-4-5-6(2)3;1-4-5(2)3;1-3-2;/h8H,5-7H2,1-4H3,(H2,10,11,12);1-6H;4-6H,1-3H3;5H,4H2,1-3H3;3H2,1-2H3;1H4/b;;5-4+;;;. The van der Waals surface area contributed by atoms with E-state index in [4.69, 9.17) is 9.79 Å². The third-order valence-electron chi connectivity index (χ3n) is 4.06. The van der Waals surface area contributed by atoms with Crippen LogP contribution in [-0.4, -0.2) is 16.4 Å². The molecule has 212 valence electrons. The van der Waals surface area contributed by atoms with E-state index in [1.165, 1.54) is 12.8 Å². The van der Waals surface area contributed by atoms with Gasteiger partial charge in [0, 0.05) is 0 Å². The first kappa shape index (κ1) is 44.1. The largest absolute Gasteiger partial charge is 0.469 e. The molecule has 0 unspecified atom stereocenters. The summed E-state index contributed by atoms with van der Waals surface area (Å²) in [4.78, 5) is 17.0. The number of phosphoric acid groups is 1. The van der Waals surface area contributed by atoms with Crippen LogP contribution in [0.25, 0.3) is 0 Å². The first-order valence-corrected chi connectivity index (χ1v) is 14.4. The van der Waals surface area contributed by atoms with Crippen LogP contribution in [0.4, 0.5) is 0 Å². The Morgan fingerprint density at radius 2 is 1.20 bits per heavy atom. The van der Waals surface area contributed by atoms with Gasteiger partial charge in [0.1, 0.15) is 0 Å². The van der Waals surface area contributed by atoms with E-state index in [0.29, 0.717) is 12.3 Å². The number of benzene rings is 1. The highest BCUT2D eigenvalue weighted by Crippen LogP contribution is 2.38. The summed E-state index contributed by atoms with van der Waals surface area (Å²) in [5.41, 5.74) is 0.0728. The molecule has 0 bridgehead atoms. The zero-order valence-corrected chi connectivity index (χ0v) is 25.4. The molecule has 0 saturated heterocycles. The van der Waals surface area contributed by atoms with E-state index < -0.39 is 7.82 Å². The lowest BCUT2D eigenvalue weighted by molar-refractivity contribution is 0.155.